The Morgan fingerprint density at radius 1 is 1.19 bits per heavy atom. The molecule has 0 radical (unpaired) electrons. The Hall–Kier alpha value is -0.120. The monoisotopic (exact) mass is 230 g/mol. The smallest absolute Gasteiger partial charge is 0.0575 e. The van der Waals surface area contributed by atoms with Crippen molar-refractivity contribution in [2.45, 2.75) is 40.2 Å². The van der Waals surface area contributed by atoms with Crippen LogP contribution in [0.3, 0.4) is 0 Å². The molecule has 0 fully saturated rings. The second-order valence-corrected chi connectivity index (χ2v) is 5.69. The molecule has 98 valence electrons. The Labute approximate surface area is 101 Å². The Morgan fingerprint density at radius 2 is 1.75 bits per heavy atom. The molecule has 0 spiro atoms. The number of aliphatic hydroxyl groups excluding tert-OH is 1. The lowest BCUT2D eigenvalue weighted by Gasteiger charge is -2.34. The highest BCUT2D eigenvalue weighted by molar-refractivity contribution is 4.78. The third kappa shape index (κ3) is 6.46. The summed E-state index contributed by atoms with van der Waals surface area (Å²) in [6.45, 7) is 12.6. The van der Waals surface area contributed by atoms with Crippen molar-refractivity contribution in [2.24, 2.45) is 5.41 Å². The second-order valence-electron chi connectivity index (χ2n) is 5.69. The van der Waals surface area contributed by atoms with Gasteiger partial charge in [-0.15, -0.1) is 0 Å². The molecule has 0 saturated heterocycles. The van der Waals surface area contributed by atoms with Crippen LogP contribution >= 0.6 is 0 Å². The van der Waals surface area contributed by atoms with E-state index in [4.69, 9.17) is 0 Å². The average molecular weight is 230 g/mol. The van der Waals surface area contributed by atoms with Crippen molar-refractivity contribution in [3.63, 3.8) is 0 Å². The fourth-order valence-corrected chi connectivity index (χ4v) is 1.67. The van der Waals surface area contributed by atoms with Crippen LogP contribution in [0, 0.1) is 5.41 Å². The maximum atomic E-state index is 9.70. The van der Waals surface area contributed by atoms with Gasteiger partial charge < -0.3 is 14.9 Å². The standard InChI is InChI=1S/C13H30N2O/c1-7-15(10-8-9-14(5)6)11-13(3,4)12(2)16/h12,16H,7-11H2,1-6H3. The molecule has 0 amide bonds. The SMILES string of the molecule is CCN(CCCN(C)C)CC(C)(C)C(C)O. The molecule has 0 bridgehead atoms. The molecule has 1 N–H and O–H groups in total. The maximum absolute atomic E-state index is 9.70. The lowest BCUT2D eigenvalue weighted by Crippen LogP contribution is -2.41. The quantitative estimate of drug-likeness (QED) is 0.687. The Balaban J connectivity index is 4.00. The van der Waals surface area contributed by atoms with E-state index >= 15 is 0 Å². The first-order chi connectivity index (χ1) is 7.29. The van der Waals surface area contributed by atoms with E-state index < -0.39 is 0 Å². The third-order valence-corrected chi connectivity index (χ3v) is 3.29. The Morgan fingerprint density at radius 3 is 2.12 bits per heavy atom. The van der Waals surface area contributed by atoms with Gasteiger partial charge in [-0.3, -0.25) is 0 Å². The van der Waals surface area contributed by atoms with Crippen molar-refractivity contribution in [2.75, 3.05) is 40.3 Å². The molecule has 0 rings (SSSR count). The predicted octanol–water partition coefficient (Wildman–Crippen LogP) is 1.67. The van der Waals surface area contributed by atoms with Gasteiger partial charge in [0.15, 0.2) is 0 Å². The van der Waals surface area contributed by atoms with Gasteiger partial charge in [0.25, 0.3) is 0 Å². The van der Waals surface area contributed by atoms with E-state index in [1.54, 1.807) is 0 Å². The number of rotatable bonds is 8. The largest absolute Gasteiger partial charge is 0.393 e. The van der Waals surface area contributed by atoms with E-state index in [2.05, 4.69) is 44.7 Å². The third-order valence-electron chi connectivity index (χ3n) is 3.29. The Bertz CT molecular complexity index is 179. The van der Waals surface area contributed by atoms with Gasteiger partial charge in [0.1, 0.15) is 0 Å². The van der Waals surface area contributed by atoms with Gasteiger partial charge in [0.05, 0.1) is 6.10 Å². The van der Waals surface area contributed by atoms with Gasteiger partial charge in [-0.05, 0) is 47.1 Å². The van der Waals surface area contributed by atoms with Crippen LogP contribution in [0.5, 0.6) is 0 Å². The molecule has 1 unspecified atom stereocenters. The van der Waals surface area contributed by atoms with Crippen molar-refractivity contribution >= 4 is 0 Å². The molecule has 0 aromatic rings. The summed E-state index contributed by atoms with van der Waals surface area (Å²) in [7, 11) is 4.21. The number of hydrogen-bond acceptors (Lipinski definition) is 3. The summed E-state index contributed by atoms with van der Waals surface area (Å²) in [6, 6.07) is 0. The zero-order valence-corrected chi connectivity index (χ0v) is 12.0. The van der Waals surface area contributed by atoms with Crippen LogP contribution in [-0.4, -0.2) is 61.3 Å². The van der Waals surface area contributed by atoms with Crippen LogP contribution in [0.4, 0.5) is 0 Å². The first-order valence-corrected chi connectivity index (χ1v) is 6.34. The van der Waals surface area contributed by atoms with Crippen LogP contribution in [0.15, 0.2) is 0 Å². The zero-order valence-electron chi connectivity index (χ0n) is 12.0. The van der Waals surface area contributed by atoms with E-state index in [0.29, 0.717) is 0 Å². The van der Waals surface area contributed by atoms with E-state index in [1.165, 1.54) is 6.42 Å². The van der Waals surface area contributed by atoms with Crippen LogP contribution in [-0.2, 0) is 0 Å². The molecule has 0 aliphatic rings. The van der Waals surface area contributed by atoms with E-state index in [1.807, 2.05) is 6.92 Å². The van der Waals surface area contributed by atoms with Gasteiger partial charge in [0.2, 0.25) is 0 Å². The van der Waals surface area contributed by atoms with Crippen LogP contribution in [0.2, 0.25) is 0 Å². The molecule has 3 nitrogen and oxygen atoms in total. The molecule has 3 heteroatoms. The molecule has 0 aliphatic heterocycles. The average Bonchev–Trinajstić information content (AvgIpc) is 2.15. The first-order valence-electron chi connectivity index (χ1n) is 6.34. The topological polar surface area (TPSA) is 26.7 Å². The molecule has 0 saturated carbocycles. The van der Waals surface area contributed by atoms with Crippen LogP contribution in [0.1, 0.15) is 34.1 Å². The molecule has 0 aromatic heterocycles. The highest BCUT2D eigenvalue weighted by atomic mass is 16.3. The minimum Gasteiger partial charge on any atom is -0.393 e. The van der Waals surface area contributed by atoms with Crippen molar-refractivity contribution in [1.29, 1.82) is 0 Å². The summed E-state index contributed by atoms with van der Waals surface area (Å²) in [6.07, 6.45) is 0.937. The van der Waals surface area contributed by atoms with Crippen LogP contribution < -0.4 is 0 Å². The fraction of sp³-hybridized carbons (Fsp3) is 1.00. The summed E-state index contributed by atoms with van der Waals surface area (Å²) in [5.74, 6) is 0. The lowest BCUT2D eigenvalue weighted by atomic mass is 9.87. The van der Waals surface area contributed by atoms with Crippen LogP contribution in [0.25, 0.3) is 0 Å². The lowest BCUT2D eigenvalue weighted by molar-refractivity contribution is 0.0350. The van der Waals surface area contributed by atoms with Crippen molar-refractivity contribution < 1.29 is 5.11 Å². The van der Waals surface area contributed by atoms with E-state index in [0.717, 1.165) is 26.2 Å². The van der Waals surface area contributed by atoms with Crippen molar-refractivity contribution in [1.82, 2.24) is 9.80 Å². The Kier molecular flexibility index (Phi) is 7.20. The number of aliphatic hydroxyl groups is 1. The highest BCUT2D eigenvalue weighted by Crippen LogP contribution is 2.21. The molecule has 1 atom stereocenters. The maximum Gasteiger partial charge on any atom is 0.0575 e. The van der Waals surface area contributed by atoms with Gasteiger partial charge in [-0.2, -0.15) is 0 Å². The minimum atomic E-state index is -0.254. The molecule has 16 heavy (non-hydrogen) atoms. The molecule has 0 aromatic carbocycles. The summed E-state index contributed by atoms with van der Waals surface area (Å²) >= 11 is 0. The van der Waals surface area contributed by atoms with Gasteiger partial charge in [-0.1, -0.05) is 20.8 Å². The highest BCUT2D eigenvalue weighted by Gasteiger charge is 2.26. The minimum absolute atomic E-state index is 0.0197. The number of nitrogens with zero attached hydrogens (tertiary/aromatic N) is 2. The fourth-order valence-electron chi connectivity index (χ4n) is 1.67. The van der Waals surface area contributed by atoms with E-state index in [-0.39, 0.29) is 11.5 Å². The zero-order chi connectivity index (χ0) is 12.8. The molecular formula is C13H30N2O. The summed E-state index contributed by atoms with van der Waals surface area (Å²) in [5.41, 5.74) is -0.0197. The first kappa shape index (κ1) is 15.9. The molecular weight excluding hydrogens is 200 g/mol. The summed E-state index contributed by atoms with van der Waals surface area (Å²) in [4.78, 5) is 4.64. The summed E-state index contributed by atoms with van der Waals surface area (Å²) < 4.78 is 0. The summed E-state index contributed by atoms with van der Waals surface area (Å²) in [5, 5.41) is 9.70. The van der Waals surface area contributed by atoms with Gasteiger partial charge in [0, 0.05) is 12.0 Å². The normalized spacial score (nSPS) is 14.8. The van der Waals surface area contributed by atoms with E-state index in [9.17, 15) is 5.11 Å². The van der Waals surface area contributed by atoms with Gasteiger partial charge in [-0.25, -0.2) is 0 Å². The van der Waals surface area contributed by atoms with Gasteiger partial charge >= 0.3 is 0 Å². The predicted molar refractivity (Wildman–Crippen MR) is 70.7 cm³/mol. The number of hydrogen-bond donors (Lipinski definition) is 1. The molecule has 0 heterocycles. The van der Waals surface area contributed by atoms with Crippen molar-refractivity contribution in [3.8, 4) is 0 Å². The van der Waals surface area contributed by atoms with Crippen molar-refractivity contribution in [3.05, 3.63) is 0 Å². The molecule has 0 aliphatic carbocycles. The second kappa shape index (κ2) is 7.25.